The lowest BCUT2D eigenvalue weighted by atomic mass is 10.2. The smallest absolute Gasteiger partial charge is 0.139 e. The maximum absolute atomic E-state index is 5.44. The maximum atomic E-state index is 5.44. The van der Waals surface area contributed by atoms with Crippen LogP contribution < -0.4 is 5.32 Å². The first-order valence-electron chi connectivity index (χ1n) is 9.43. The van der Waals surface area contributed by atoms with Gasteiger partial charge in [0.15, 0.2) is 0 Å². The average molecular weight is 441 g/mol. The van der Waals surface area contributed by atoms with Crippen molar-refractivity contribution < 1.29 is 4.74 Å². The predicted molar refractivity (Wildman–Crippen MR) is 113 cm³/mol. The van der Waals surface area contributed by atoms with Gasteiger partial charge in [0, 0.05) is 61.0 Å². The van der Waals surface area contributed by atoms with Crippen molar-refractivity contribution in [1.82, 2.24) is 23.7 Å². The molecule has 28 heavy (non-hydrogen) atoms. The number of aromatic nitrogens is 4. The molecule has 0 unspecified atom stereocenters. The van der Waals surface area contributed by atoms with Gasteiger partial charge in [-0.1, -0.05) is 0 Å². The van der Waals surface area contributed by atoms with Gasteiger partial charge in [-0.2, -0.15) is 0 Å². The van der Waals surface area contributed by atoms with Crippen LogP contribution in [0.5, 0.6) is 0 Å². The highest BCUT2D eigenvalue weighted by atomic mass is 79.9. The Labute approximate surface area is 171 Å². The van der Waals surface area contributed by atoms with E-state index in [0.717, 1.165) is 72.2 Å². The van der Waals surface area contributed by atoms with Crippen LogP contribution in [0.3, 0.4) is 0 Å². The van der Waals surface area contributed by atoms with Gasteiger partial charge in [0.25, 0.3) is 0 Å². The van der Waals surface area contributed by atoms with Crippen molar-refractivity contribution in [3.63, 3.8) is 0 Å². The molecular weight excluding hydrogens is 420 g/mol. The SMILES string of the molecule is Brc1ccc2nc(-c3ccc4nccn4c3)c(NCCN3CCOCC3)n2c1. The van der Waals surface area contributed by atoms with E-state index < -0.39 is 0 Å². The van der Waals surface area contributed by atoms with Gasteiger partial charge in [0.05, 0.1) is 13.2 Å². The molecule has 4 aromatic heterocycles. The van der Waals surface area contributed by atoms with Crippen LogP contribution in [0.1, 0.15) is 0 Å². The van der Waals surface area contributed by atoms with Gasteiger partial charge in [0.1, 0.15) is 22.8 Å². The van der Waals surface area contributed by atoms with E-state index in [-0.39, 0.29) is 0 Å². The molecule has 4 aromatic rings. The summed E-state index contributed by atoms with van der Waals surface area (Å²) in [6.07, 6.45) is 7.89. The van der Waals surface area contributed by atoms with Gasteiger partial charge in [0.2, 0.25) is 0 Å². The molecular formula is C20H21BrN6O. The molecule has 0 amide bonds. The number of halogens is 1. The normalized spacial score (nSPS) is 15.5. The highest BCUT2D eigenvalue weighted by molar-refractivity contribution is 9.10. The van der Waals surface area contributed by atoms with Crippen LogP contribution >= 0.6 is 15.9 Å². The molecule has 1 N–H and O–H groups in total. The van der Waals surface area contributed by atoms with Gasteiger partial charge in [-0.15, -0.1) is 0 Å². The number of pyridine rings is 2. The van der Waals surface area contributed by atoms with E-state index >= 15 is 0 Å². The Morgan fingerprint density at radius 1 is 1.07 bits per heavy atom. The van der Waals surface area contributed by atoms with E-state index in [1.165, 1.54) is 0 Å². The molecule has 0 aliphatic carbocycles. The zero-order valence-corrected chi connectivity index (χ0v) is 17.0. The summed E-state index contributed by atoms with van der Waals surface area (Å²) >= 11 is 3.58. The molecule has 5 heterocycles. The molecule has 0 aromatic carbocycles. The second-order valence-electron chi connectivity index (χ2n) is 6.88. The van der Waals surface area contributed by atoms with E-state index in [4.69, 9.17) is 9.72 Å². The van der Waals surface area contributed by atoms with Crippen molar-refractivity contribution in [2.75, 3.05) is 44.7 Å². The van der Waals surface area contributed by atoms with Gasteiger partial charge in [-0.05, 0) is 40.2 Å². The standard InChI is InChI=1S/C20H21BrN6O/c21-16-2-4-18-24-19(15-1-3-17-22-6-8-26(17)13-15)20(27(18)14-16)23-5-7-25-9-11-28-12-10-25/h1-4,6,8,13-14,23H,5,7,9-12H2. The summed E-state index contributed by atoms with van der Waals surface area (Å²) in [5, 5.41) is 3.62. The van der Waals surface area contributed by atoms with Crippen molar-refractivity contribution in [2.24, 2.45) is 0 Å². The van der Waals surface area contributed by atoms with Crippen molar-refractivity contribution in [3.05, 3.63) is 53.5 Å². The minimum atomic E-state index is 0.818. The molecule has 0 radical (unpaired) electrons. The number of fused-ring (bicyclic) bond motifs is 2. The second kappa shape index (κ2) is 7.54. The minimum absolute atomic E-state index is 0.818. The number of ether oxygens (including phenoxy) is 1. The number of hydrogen-bond donors (Lipinski definition) is 1. The zero-order chi connectivity index (χ0) is 18.9. The first-order chi connectivity index (χ1) is 13.8. The lowest BCUT2D eigenvalue weighted by molar-refractivity contribution is 0.0398. The number of nitrogens with zero attached hydrogens (tertiary/aromatic N) is 5. The molecule has 5 rings (SSSR count). The number of morpholine rings is 1. The van der Waals surface area contributed by atoms with Crippen LogP contribution in [-0.4, -0.2) is 63.1 Å². The number of anilines is 1. The highest BCUT2D eigenvalue weighted by Crippen LogP contribution is 2.30. The van der Waals surface area contributed by atoms with Crippen molar-refractivity contribution >= 4 is 33.0 Å². The van der Waals surface area contributed by atoms with Crippen LogP contribution in [-0.2, 0) is 4.74 Å². The van der Waals surface area contributed by atoms with Crippen LogP contribution in [0.4, 0.5) is 5.82 Å². The molecule has 8 heteroatoms. The fourth-order valence-electron chi connectivity index (χ4n) is 3.61. The third-order valence-corrected chi connectivity index (χ3v) is 5.54. The summed E-state index contributed by atoms with van der Waals surface area (Å²) in [6, 6.07) is 8.14. The third-order valence-electron chi connectivity index (χ3n) is 5.07. The van der Waals surface area contributed by atoms with E-state index in [0.29, 0.717) is 0 Å². The van der Waals surface area contributed by atoms with Gasteiger partial charge < -0.3 is 14.5 Å². The highest BCUT2D eigenvalue weighted by Gasteiger charge is 2.16. The molecule has 144 valence electrons. The number of hydrogen-bond acceptors (Lipinski definition) is 5. The molecule has 1 saturated heterocycles. The Balaban J connectivity index is 1.49. The van der Waals surface area contributed by atoms with E-state index in [2.05, 4.69) is 54.0 Å². The Kier molecular flexibility index (Phi) is 4.76. The Hall–Kier alpha value is -2.42. The van der Waals surface area contributed by atoms with Crippen LogP contribution in [0, 0.1) is 0 Å². The summed E-state index contributed by atoms with van der Waals surface area (Å²) in [5.74, 6) is 1.00. The van der Waals surface area contributed by atoms with Gasteiger partial charge >= 0.3 is 0 Å². The summed E-state index contributed by atoms with van der Waals surface area (Å²) in [5.41, 5.74) is 3.84. The Morgan fingerprint density at radius 2 is 1.93 bits per heavy atom. The summed E-state index contributed by atoms with van der Waals surface area (Å²) < 4.78 is 10.6. The first-order valence-corrected chi connectivity index (χ1v) is 10.2. The molecule has 1 aliphatic rings. The summed E-state index contributed by atoms with van der Waals surface area (Å²) in [6.45, 7) is 5.44. The van der Waals surface area contributed by atoms with Crippen molar-refractivity contribution in [3.8, 4) is 11.3 Å². The van der Waals surface area contributed by atoms with E-state index in [9.17, 15) is 0 Å². The van der Waals surface area contributed by atoms with Crippen molar-refractivity contribution in [1.29, 1.82) is 0 Å². The average Bonchev–Trinajstić information content (AvgIpc) is 3.33. The zero-order valence-electron chi connectivity index (χ0n) is 15.4. The first kappa shape index (κ1) is 17.7. The monoisotopic (exact) mass is 440 g/mol. The lowest BCUT2D eigenvalue weighted by Crippen LogP contribution is -2.39. The lowest BCUT2D eigenvalue weighted by Gasteiger charge is -2.26. The molecule has 0 bridgehead atoms. The van der Waals surface area contributed by atoms with Crippen LogP contribution in [0.2, 0.25) is 0 Å². The maximum Gasteiger partial charge on any atom is 0.139 e. The third kappa shape index (κ3) is 3.39. The van der Waals surface area contributed by atoms with Crippen molar-refractivity contribution in [2.45, 2.75) is 0 Å². The Morgan fingerprint density at radius 3 is 2.82 bits per heavy atom. The van der Waals surface area contributed by atoms with Gasteiger partial charge in [-0.25, -0.2) is 9.97 Å². The number of imidazole rings is 2. The largest absolute Gasteiger partial charge is 0.379 e. The summed E-state index contributed by atoms with van der Waals surface area (Å²) in [4.78, 5) is 11.6. The second-order valence-corrected chi connectivity index (χ2v) is 7.79. The molecule has 7 nitrogen and oxygen atoms in total. The number of rotatable bonds is 5. The van der Waals surface area contributed by atoms with Crippen LogP contribution in [0.25, 0.3) is 22.6 Å². The van der Waals surface area contributed by atoms with E-state index in [1.54, 1.807) is 6.20 Å². The summed E-state index contributed by atoms with van der Waals surface area (Å²) in [7, 11) is 0. The predicted octanol–water partition coefficient (Wildman–Crippen LogP) is 3.16. The quantitative estimate of drug-likeness (QED) is 0.516. The molecule has 1 fully saturated rings. The fourth-order valence-corrected chi connectivity index (χ4v) is 3.94. The topological polar surface area (TPSA) is 59.1 Å². The fraction of sp³-hybridized carbons (Fsp3) is 0.300. The molecule has 0 saturated carbocycles. The molecule has 0 atom stereocenters. The Bertz CT molecular complexity index is 1110. The van der Waals surface area contributed by atoms with Crippen LogP contribution in [0.15, 0.2) is 53.5 Å². The molecule has 0 spiro atoms. The minimum Gasteiger partial charge on any atom is -0.379 e. The van der Waals surface area contributed by atoms with E-state index in [1.807, 2.05) is 28.8 Å². The van der Waals surface area contributed by atoms with Gasteiger partial charge in [-0.3, -0.25) is 9.30 Å². The molecule has 1 aliphatic heterocycles. The number of nitrogens with one attached hydrogen (secondary N) is 1.